The largest absolute Gasteiger partial charge is 0.394 e. The van der Waals surface area contributed by atoms with Gasteiger partial charge in [-0.1, -0.05) is 36.1 Å². The molecule has 6 aromatic rings. The number of nitrogens with two attached hydrogens (primary N) is 1. The van der Waals surface area contributed by atoms with Crippen LogP contribution in [-0.4, -0.2) is 51.6 Å². The Labute approximate surface area is 239 Å². The topological polar surface area (TPSA) is 158 Å². The molecule has 0 saturated heterocycles. The van der Waals surface area contributed by atoms with E-state index in [0.29, 0.717) is 45.7 Å². The Balaban J connectivity index is 1.45. The molecule has 0 aliphatic heterocycles. The second kappa shape index (κ2) is 11.0. The predicted molar refractivity (Wildman–Crippen MR) is 156 cm³/mol. The number of aromatic nitrogens is 7. The third kappa shape index (κ3) is 4.85. The maximum absolute atomic E-state index is 14.2. The van der Waals surface area contributed by atoms with E-state index in [1.807, 2.05) is 18.2 Å². The third-order valence-electron chi connectivity index (χ3n) is 6.63. The van der Waals surface area contributed by atoms with Crippen molar-refractivity contribution in [3.8, 4) is 17.5 Å². The second-order valence-corrected chi connectivity index (χ2v) is 9.45. The molecule has 0 fully saturated rings. The second-order valence-electron chi connectivity index (χ2n) is 9.45. The van der Waals surface area contributed by atoms with E-state index in [2.05, 4.69) is 32.3 Å². The summed E-state index contributed by atoms with van der Waals surface area (Å²) in [5.74, 6) is 5.99. The summed E-state index contributed by atoms with van der Waals surface area (Å²) >= 11 is 0. The molecule has 4 N–H and O–H groups in total. The number of amides is 1. The number of para-hydroxylation sites is 1. The summed E-state index contributed by atoms with van der Waals surface area (Å²) < 4.78 is 4.51. The summed E-state index contributed by atoms with van der Waals surface area (Å²) in [6.07, 6.45) is 6.53. The van der Waals surface area contributed by atoms with Crippen LogP contribution in [0.4, 0.5) is 5.82 Å². The van der Waals surface area contributed by atoms with Crippen molar-refractivity contribution >= 4 is 28.3 Å². The summed E-state index contributed by atoms with van der Waals surface area (Å²) in [6.45, 7) is 2.07. The SMILES string of the molecule is C[C@@H](NC(=O)c1c(N)nn2cccnc12)c1nc2cccc(C#Cc3cnn(CCO)c3)c2c(=O)n1-c1ccccc1. The first-order valence-electron chi connectivity index (χ1n) is 13.1. The van der Waals surface area contributed by atoms with Crippen molar-refractivity contribution in [1.29, 1.82) is 0 Å². The van der Waals surface area contributed by atoms with Gasteiger partial charge in [0.1, 0.15) is 11.4 Å². The van der Waals surface area contributed by atoms with Crippen molar-refractivity contribution in [2.24, 2.45) is 0 Å². The molecule has 42 heavy (non-hydrogen) atoms. The normalized spacial score (nSPS) is 11.8. The fourth-order valence-corrected chi connectivity index (χ4v) is 4.72. The Hall–Kier alpha value is -5.80. The molecule has 0 aliphatic carbocycles. The van der Waals surface area contributed by atoms with Crippen molar-refractivity contribution in [2.45, 2.75) is 19.5 Å². The number of hydrogen-bond donors (Lipinski definition) is 3. The maximum atomic E-state index is 14.2. The number of hydrogen-bond acceptors (Lipinski definition) is 8. The Kier molecular flexibility index (Phi) is 6.92. The lowest BCUT2D eigenvalue weighted by atomic mass is 10.1. The summed E-state index contributed by atoms with van der Waals surface area (Å²) in [5, 5.41) is 20.7. The van der Waals surface area contributed by atoms with Crippen LogP contribution in [0.5, 0.6) is 0 Å². The van der Waals surface area contributed by atoms with E-state index in [1.165, 1.54) is 9.08 Å². The lowest BCUT2D eigenvalue weighted by Crippen LogP contribution is -2.33. The van der Waals surface area contributed by atoms with E-state index in [1.54, 1.807) is 72.8 Å². The molecule has 12 heteroatoms. The van der Waals surface area contributed by atoms with E-state index in [0.717, 1.165) is 0 Å². The fraction of sp³-hybridized carbons (Fsp3) is 0.133. The molecule has 4 aromatic heterocycles. The molecular weight excluding hydrogens is 534 g/mol. The molecule has 6 rings (SSSR count). The minimum atomic E-state index is -0.708. The van der Waals surface area contributed by atoms with Crippen LogP contribution in [0.1, 0.15) is 40.3 Å². The highest BCUT2D eigenvalue weighted by Crippen LogP contribution is 2.22. The van der Waals surface area contributed by atoms with Gasteiger partial charge in [-0.15, -0.1) is 5.10 Å². The standard InChI is InChI=1S/C30H25N9O3/c1-19(34-29(41)25-26(31)36-38-14-6-13-32-28(25)38)27-35-23-10-5-7-21(12-11-20-17-33-37(18-20)15-16-40)24(23)30(42)39(27)22-8-3-2-4-9-22/h2-10,13-14,17-19,40H,15-16H2,1H3,(H2,31,36)(H,34,41)/t19-/m1/s1. The number of aliphatic hydroxyl groups excluding tert-OH is 1. The Bertz CT molecular complexity index is 2070. The number of rotatable bonds is 6. The number of carbonyl (C=O) groups excluding carboxylic acids is 1. The van der Waals surface area contributed by atoms with Crippen LogP contribution in [0.2, 0.25) is 0 Å². The first-order valence-corrected chi connectivity index (χ1v) is 13.1. The van der Waals surface area contributed by atoms with E-state index in [-0.39, 0.29) is 23.5 Å². The fourth-order valence-electron chi connectivity index (χ4n) is 4.72. The summed E-state index contributed by atoms with van der Waals surface area (Å²) in [4.78, 5) is 36.7. The summed E-state index contributed by atoms with van der Waals surface area (Å²) in [6, 6.07) is 15.3. The molecule has 1 atom stereocenters. The lowest BCUT2D eigenvalue weighted by molar-refractivity contribution is 0.0940. The minimum absolute atomic E-state index is 0.0345. The van der Waals surface area contributed by atoms with Gasteiger partial charge in [0.25, 0.3) is 11.5 Å². The number of fused-ring (bicyclic) bond motifs is 2. The monoisotopic (exact) mass is 559 g/mol. The molecule has 0 aliphatic rings. The minimum Gasteiger partial charge on any atom is -0.394 e. The van der Waals surface area contributed by atoms with Gasteiger partial charge in [0.2, 0.25) is 0 Å². The smallest absolute Gasteiger partial charge is 0.267 e. The lowest BCUT2D eigenvalue weighted by Gasteiger charge is -2.20. The van der Waals surface area contributed by atoms with Crippen LogP contribution in [0.3, 0.4) is 0 Å². The van der Waals surface area contributed by atoms with E-state index >= 15 is 0 Å². The van der Waals surface area contributed by atoms with Gasteiger partial charge < -0.3 is 16.2 Å². The van der Waals surface area contributed by atoms with E-state index in [9.17, 15) is 9.59 Å². The van der Waals surface area contributed by atoms with Crippen LogP contribution < -0.4 is 16.6 Å². The zero-order valence-electron chi connectivity index (χ0n) is 22.5. The zero-order chi connectivity index (χ0) is 29.2. The first kappa shape index (κ1) is 26.4. The zero-order valence-corrected chi connectivity index (χ0v) is 22.5. The van der Waals surface area contributed by atoms with Crippen LogP contribution in [-0.2, 0) is 6.54 Å². The van der Waals surface area contributed by atoms with Crippen LogP contribution >= 0.6 is 0 Å². The molecular formula is C30H25N9O3. The van der Waals surface area contributed by atoms with Gasteiger partial charge in [-0.25, -0.2) is 14.5 Å². The van der Waals surface area contributed by atoms with Gasteiger partial charge in [-0.3, -0.25) is 18.8 Å². The first-order chi connectivity index (χ1) is 20.4. The highest BCUT2D eigenvalue weighted by atomic mass is 16.3. The molecule has 208 valence electrons. The molecule has 2 aromatic carbocycles. The van der Waals surface area contributed by atoms with Crippen molar-refractivity contribution in [3.05, 3.63) is 112 Å². The van der Waals surface area contributed by atoms with Gasteiger partial charge in [-0.2, -0.15) is 5.10 Å². The number of nitrogens with zero attached hydrogens (tertiary/aromatic N) is 7. The van der Waals surface area contributed by atoms with Crippen molar-refractivity contribution in [1.82, 2.24) is 39.2 Å². The molecule has 4 heterocycles. The van der Waals surface area contributed by atoms with Crippen LogP contribution in [0, 0.1) is 11.8 Å². The number of aliphatic hydroxyl groups is 1. The number of nitrogens with one attached hydrogen (secondary N) is 1. The quantitative estimate of drug-likeness (QED) is 0.262. The molecule has 0 radical (unpaired) electrons. The van der Waals surface area contributed by atoms with Gasteiger partial charge in [-0.05, 0) is 37.3 Å². The highest BCUT2D eigenvalue weighted by Gasteiger charge is 2.24. The van der Waals surface area contributed by atoms with Gasteiger partial charge >= 0.3 is 0 Å². The average molecular weight is 560 g/mol. The Morgan fingerprint density at radius 3 is 2.76 bits per heavy atom. The van der Waals surface area contributed by atoms with Gasteiger partial charge in [0.05, 0.1) is 47.5 Å². The van der Waals surface area contributed by atoms with Crippen molar-refractivity contribution in [2.75, 3.05) is 12.3 Å². The Morgan fingerprint density at radius 1 is 1.12 bits per heavy atom. The summed E-state index contributed by atoms with van der Waals surface area (Å²) in [7, 11) is 0. The van der Waals surface area contributed by atoms with E-state index in [4.69, 9.17) is 15.8 Å². The molecule has 0 unspecified atom stereocenters. The van der Waals surface area contributed by atoms with E-state index < -0.39 is 11.9 Å². The van der Waals surface area contributed by atoms with Gasteiger partial charge in [0, 0.05) is 24.2 Å². The number of anilines is 1. The molecule has 1 amide bonds. The molecule has 0 spiro atoms. The number of nitrogen functional groups attached to an aromatic ring is 1. The van der Waals surface area contributed by atoms with Crippen molar-refractivity contribution in [3.63, 3.8) is 0 Å². The third-order valence-corrected chi connectivity index (χ3v) is 6.63. The molecule has 0 bridgehead atoms. The van der Waals surface area contributed by atoms with Crippen molar-refractivity contribution < 1.29 is 9.90 Å². The number of benzene rings is 2. The average Bonchev–Trinajstić information content (AvgIpc) is 3.59. The molecule has 12 nitrogen and oxygen atoms in total. The molecule has 0 saturated carbocycles. The Morgan fingerprint density at radius 2 is 1.95 bits per heavy atom. The number of carbonyl (C=O) groups is 1. The predicted octanol–water partition coefficient (Wildman–Crippen LogP) is 2.09. The summed E-state index contributed by atoms with van der Waals surface area (Å²) in [5.41, 5.74) is 8.34. The highest BCUT2D eigenvalue weighted by molar-refractivity contribution is 6.04. The van der Waals surface area contributed by atoms with Gasteiger partial charge in [0.15, 0.2) is 11.5 Å². The van der Waals surface area contributed by atoms with Crippen LogP contribution in [0.15, 0.2) is 84.2 Å². The van der Waals surface area contributed by atoms with Crippen LogP contribution in [0.25, 0.3) is 22.2 Å². The maximum Gasteiger partial charge on any atom is 0.267 e.